The van der Waals surface area contributed by atoms with E-state index in [9.17, 15) is 5.26 Å². The molecule has 4 aromatic rings. The Hall–Kier alpha value is -3.77. The second-order valence-electron chi connectivity index (χ2n) is 8.52. The van der Waals surface area contributed by atoms with Gasteiger partial charge in [0.25, 0.3) is 0 Å². The number of rotatable bonds is 9. The van der Waals surface area contributed by atoms with Crippen molar-refractivity contribution in [3.63, 3.8) is 0 Å². The fraction of sp³-hybridized carbons (Fsp3) is 0.222. The highest BCUT2D eigenvalue weighted by atomic mass is 35.5. The number of pyridine rings is 2. The van der Waals surface area contributed by atoms with Crippen LogP contribution in [0.4, 0.5) is 11.4 Å². The van der Waals surface area contributed by atoms with Crippen molar-refractivity contribution in [2.75, 3.05) is 32.1 Å². The van der Waals surface area contributed by atoms with E-state index in [0.717, 1.165) is 13.1 Å². The lowest BCUT2D eigenvalue weighted by Gasteiger charge is -2.27. The van der Waals surface area contributed by atoms with Gasteiger partial charge in [0.05, 0.1) is 46.9 Å². The van der Waals surface area contributed by atoms with E-state index in [0.29, 0.717) is 73.5 Å². The lowest BCUT2D eigenvalue weighted by molar-refractivity contribution is 0.193. The van der Waals surface area contributed by atoms with Gasteiger partial charge in [-0.3, -0.25) is 4.98 Å². The van der Waals surface area contributed by atoms with Crippen LogP contribution in [0.1, 0.15) is 11.3 Å². The van der Waals surface area contributed by atoms with Crippen molar-refractivity contribution in [1.29, 1.82) is 5.26 Å². The molecule has 0 spiro atoms. The van der Waals surface area contributed by atoms with E-state index in [1.807, 2.05) is 24.3 Å². The number of fused-ring (bicyclic) bond motifs is 1. The number of nitrogens with one attached hydrogen (secondary N) is 2. The van der Waals surface area contributed by atoms with Crippen LogP contribution in [-0.2, 0) is 6.61 Å². The van der Waals surface area contributed by atoms with E-state index < -0.39 is 0 Å². The van der Waals surface area contributed by atoms with Gasteiger partial charge in [-0.1, -0.05) is 29.3 Å². The molecule has 0 bridgehead atoms. The molecule has 0 unspecified atom stereocenters. The zero-order chi connectivity index (χ0) is 25.8. The van der Waals surface area contributed by atoms with Crippen molar-refractivity contribution in [1.82, 2.24) is 15.3 Å². The summed E-state index contributed by atoms with van der Waals surface area (Å²) >= 11 is 12.5. The number of nitriles is 1. The van der Waals surface area contributed by atoms with Crippen LogP contribution in [0.2, 0.25) is 10.2 Å². The fourth-order valence-corrected chi connectivity index (χ4v) is 4.27. The van der Waals surface area contributed by atoms with E-state index in [2.05, 4.69) is 26.7 Å². The molecule has 1 aliphatic heterocycles. The Balaban J connectivity index is 1.40. The lowest BCUT2D eigenvalue weighted by atomic mass is 10.1. The number of hydrogen-bond donors (Lipinski definition) is 2. The van der Waals surface area contributed by atoms with E-state index in [1.165, 1.54) is 6.20 Å². The van der Waals surface area contributed by atoms with Gasteiger partial charge in [-0.05, 0) is 30.3 Å². The number of ether oxygens (including phenoxy) is 3. The Morgan fingerprint density at radius 3 is 2.68 bits per heavy atom. The minimum atomic E-state index is 0.249. The molecule has 2 N–H and O–H groups in total. The maximum atomic E-state index is 9.77. The van der Waals surface area contributed by atoms with Gasteiger partial charge in [-0.2, -0.15) is 5.26 Å². The Morgan fingerprint density at radius 1 is 1.11 bits per heavy atom. The first-order valence-electron chi connectivity index (χ1n) is 11.6. The highest BCUT2D eigenvalue weighted by molar-refractivity contribution is 6.33. The van der Waals surface area contributed by atoms with Crippen molar-refractivity contribution in [3.05, 3.63) is 76.2 Å². The number of halogens is 2. The van der Waals surface area contributed by atoms with E-state index in [4.69, 9.17) is 37.4 Å². The summed E-state index contributed by atoms with van der Waals surface area (Å²) in [7, 11) is 1.59. The smallest absolute Gasteiger partial charge is 0.163 e. The van der Waals surface area contributed by atoms with Crippen molar-refractivity contribution in [2.45, 2.75) is 6.61 Å². The number of methoxy groups -OCH3 is 1. The van der Waals surface area contributed by atoms with Crippen molar-refractivity contribution < 1.29 is 14.2 Å². The van der Waals surface area contributed by atoms with Gasteiger partial charge in [0, 0.05) is 42.7 Å². The maximum absolute atomic E-state index is 9.77. The molecule has 0 radical (unpaired) electrons. The van der Waals surface area contributed by atoms with Crippen LogP contribution in [0.3, 0.4) is 0 Å². The van der Waals surface area contributed by atoms with E-state index >= 15 is 0 Å². The maximum Gasteiger partial charge on any atom is 0.163 e. The van der Waals surface area contributed by atoms with Gasteiger partial charge >= 0.3 is 0 Å². The Morgan fingerprint density at radius 2 is 1.97 bits per heavy atom. The molecule has 0 atom stereocenters. The van der Waals surface area contributed by atoms with Gasteiger partial charge in [0.15, 0.2) is 11.5 Å². The van der Waals surface area contributed by atoms with Crippen molar-refractivity contribution in [3.8, 4) is 23.3 Å². The molecule has 3 heterocycles. The number of hydrogen-bond acceptors (Lipinski definition) is 8. The third-order valence-electron chi connectivity index (χ3n) is 5.97. The van der Waals surface area contributed by atoms with Crippen LogP contribution >= 0.6 is 23.2 Å². The molecule has 5 rings (SSSR count). The molecule has 1 saturated heterocycles. The third kappa shape index (κ3) is 5.65. The molecule has 10 heteroatoms. The van der Waals surface area contributed by atoms with Crippen molar-refractivity contribution >= 4 is 45.5 Å². The largest absolute Gasteiger partial charge is 0.493 e. The Bertz CT molecular complexity index is 1490. The molecule has 0 amide bonds. The topological polar surface area (TPSA) is 101 Å². The minimum absolute atomic E-state index is 0.249. The summed E-state index contributed by atoms with van der Waals surface area (Å²) in [6.45, 7) is 2.72. The van der Waals surface area contributed by atoms with Gasteiger partial charge < -0.3 is 24.8 Å². The van der Waals surface area contributed by atoms with E-state index in [-0.39, 0.29) is 6.61 Å². The van der Waals surface area contributed by atoms with Crippen LogP contribution in [0.25, 0.3) is 10.9 Å². The Kier molecular flexibility index (Phi) is 7.47. The highest BCUT2D eigenvalue weighted by Gasteiger charge is 2.20. The monoisotopic (exact) mass is 535 g/mol. The number of aromatic nitrogens is 2. The first-order chi connectivity index (χ1) is 18.0. The predicted molar refractivity (Wildman–Crippen MR) is 143 cm³/mol. The van der Waals surface area contributed by atoms with Crippen molar-refractivity contribution in [2.24, 2.45) is 5.92 Å². The van der Waals surface area contributed by atoms with Gasteiger partial charge in [-0.15, -0.1) is 0 Å². The first kappa shape index (κ1) is 24.9. The van der Waals surface area contributed by atoms with Gasteiger partial charge in [0.2, 0.25) is 0 Å². The average molecular weight is 536 g/mol. The molecule has 2 aromatic carbocycles. The predicted octanol–water partition coefficient (Wildman–Crippen LogP) is 5.74. The fourth-order valence-electron chi connectivity index (χ4n) is 3.88. The molecule has 37 heavy (non-hydrogen) atoms. The summed E-state index contributed by atoms with van der Waals surface area (Å²) in [6, 6.07) is 16.5. The van der Waals surface area contributed by atoms with Crippen LogP contribution in [0.15, 0.2) is 54.7 Å². The lowest BCUT2D eigenvalue weighted by Crippen LogP contribution is -2.45. The molecule has 0 saturated carbocycles. The Labute approximate surface area is 224 Å². The summed E-state index contributed by atoms with van der Waals surface area (Å²) in [4.78, 5) is 8.69. The summed E-state index contributed by atoms with van der Waals surface area (Å²) in [6.07, 6.45) is 1.53. The molecular weight excluding hydrogens is 513 g/mol. The van der Waals surface area contributed by atoms with Gasteiger partial charge in [-0.25, -0.2) is 4.98 Å². The number of nitrogens with zero attached hydrogens (tertiary/aromatic N) is 3. The number of benzene rings is 2. The summed E-state index contributed by atoms with van der Waals surface area (Å²) in [5.74, 6) is 2.22. The van der Waals surface area contributed by atoms with Crippen LogP contribution in [-0.4, -0.2) is 36.8 Å². The second-order valence-corrected chi connectivity index (χ2v) is 9.32. The first-order valence-corrected chi connectivity index (χ1v) is 12.3. The molecule has 8 nitrogen and oxygen atoms in total. The zero-order valence-corrected chi connectivity index (χ0v) is 21.4. The summed E-state index contributed by atoms with van der Waals surface area (Å²) in [5, 5.41) is 17.8. The molecule has 1 aliphatic rings. The van der Waals surface area contributed by atoms with Crippen LogP contribution in [0.5, 0.6) is 17.2 Å². The quantitative estimate of drug-likeness (QED) is 0.261. The molecule has 0 aliphatic carbocycles. The van der Waals surface area contributed by atoms with Gasteiger partial charge in [0.1, 0.15) is 23.6 Å². The minimum Gasteiger partial charge on any atom is -0.493 e. The number of anilines is 2. The normalized spacial score (nSPS) is 13.0. The standard InChI is InChI=1S/C27H23Cl2N5O3/c1-35-24-8-20-23(9-25(24)37-14-16-11-31-12-16)32-13-17(10-30)27(20)34-22-6-5-19(7-21(22)28)36-15-18-3-2-4-26(29)33-18/h2-9,13,16,31H,11-12,14-15H2,1H3,(H,32,34). The second kappa shape index (κ2) is 11.1. The molecule has 1 fully saturated rings. The zero-order valence-electron chi connectivity index (χ0n) is 19.9. The third-order valence-corrected chi connectivity index (χ3v) is 6.50. The SMILES string of the molecule is COc1cc2c(Nc3ccc(OCc4cccc(Cl)n4)cc3Cl)c(C#N)cnc2cc1OCC1CNC1. The molecular formula is C27H23Cl2N5O3. The van der Waals surface area contributed by atoms with Crippen LogP contribution < -0.4 is 24.8 Å². The molecule has 2 aromatic heterocycles. The average Bonchev–Trinajstić information content (AvgIpc) is 2.87. The van der Waals surface area contributed by atoms with E-state index in [1.54, 1.807) is 31.4 Å². The van der Waals surface area contributed by atoms with Crippen LogP contribution in [0, 0.1) is 17.2 Å². The summed E-state index contributed by atoms with van der Waals surface area (Å²) < 4.78 is 17.4. The summed E-state index contributed by atoms with van der Waals surface area (Å²) in [5.41, 5.74) is 2.91. The molecule has 188 valence electrons. The highest BCUT2D eigenvalue weighted by Crippen LogP contribution is 2.39.